The monoisotopic (exact) mass is 381 g/mol. The zero-order valence-electron chi connectivity index (χ0n) is 16.4. The first kappa shape index (κ1) is 18.7. The van der Waals surface area contributed by atoms with E-state index in [2.05, 4.69) is 47.7 Å². The molecule has 0 radical (unpaired) electrons. The smallest absolute Gasteiger partial charge is 0.256 e. The Bertz CT molecular complexity index is 1100. The van der Waals surface area contributed by atoms with Crippen LogP contribution in [-0.2, 0) is 13.0 Å². The molecule has 3 aromatic carbocycles. The van der Waals surface area contributed by atoms with Crippen molar-refractivity contribution >= 4 is 11.6 Å². The fourth-order valence-corrected chi connectivity index (χ4v) is 3.37. The molecule has 29 heavy (non-hydrogen) atoms. The van der Waals surface area contributed by atoms with Crippen LogP contribution in [0.25, 0.3) is 11.1 Å². The second-order valence-corrected chi connectivity index (χ2v) is 6.95. The highest BCUT2D eigenvalue weighted by molar-refractivity contribution is 6.08. The number of hydrogen-bond donors (Lipinski definition) is 1. The maximum absolute atomic E-state index is 13.0. The van der Waals surface area contributed by atoms with Gasteiger partial charge in [0.25, 0.3) is 5.91 Å². The molecule has 1 heterocycles. The summed E-state index contributed by atoms with van der Waals surface area (Å²) in [5, 5.41) is 7.28. The standard InChI is InChI=1S/C25H23N3O/c1-2-19-7-5-8-22(17-19)27-25(29)24-10-4-3-9-23(24)21-13-11-20(12-14-21)18-28-16-6-15-26-28/h3-17H,2,18H2,1H3,(H,27,29). The largest absolute Gasteiger partial charge is 0.322 e. The lowest BCUT2D eigenvalue weighted by molar-refractivity contribution is 0.102. The average Bonchev–Trinajstić information content (AvgIpc) is 3.27. The lowest BCUT2D eigenvalue weighted by Gasteiger charge is -2.12. The van der Waals surface area contributed by atoms with Gasteiger partial charge < -0.3 is 5.32 Å². The van der Waals surface area contributed by atoms with Gasteiger partial charge in [-0.25, -0.2) is 0 Å². The maximum atomic E-state index is 13.0. The number of carbonyl (C=O) groups is 1. The lowest BCUT2D eigenvalue weighted by Crippen LogP contribution is -2.13. The van der Waals surface area contributed by atoms with E-state index >= 15 is 0 Å². The highest BCUT2D eigenvalue weighted by Gasteiger charge is 2.13. The average molecular weight is 381 g/mol. The summed E-state index contributed by atoms with van der Waals surface area (Å²) in [5.74, 6) is -0.102. The second kappa shape index (κ2) is 8.57. The molecule has 144 valence electrons. The number of rotatable bonds is 6. The number of benzene rings is 3. The molecule has 0 spiro atoms. The molecule has 0 saturated carbocycles. The van der Waals surface area contributed by atoms with E-state index in [0.717, 1.165) is 35.3 Å². The van der Waals surface area contributed by atoms with Crippen LogP contribution in [0, 0.1) is 0 Å². The number of aromatic nitrogens is 2. The molecule has 4 aromatic rings. The van der Waals surface area contributed by atoms with Crippen molar-refractivity contribution in [2.45, 2.75) is 19.9 Å². The zero-order chi connectivity index (χ0) is 20.1. The highest BCUT2D eigenvalue weighted by Crippen LogP contribution is 2.25. The summed E-state index contributed by atoms with van der Waals surface area (Å²) < 4.78 is 1.89. The Kier molecular flexibility index (Phi) is 5.52. The molecule has 0 aliphatic heterocycles. The van der Waals surface area contributed by atoms with Crippen LogP contribution in [0.4, 0.5) is 5.69 Å². The predicted octanol–water partition coefficient (Wildman–Crippen LogP) is 5.41. The van der Waals surface area contributed by atoms with E-state index in [9.17, 15) is 4.79 Å². The molecule has 1 aromatic heterocycles. The van der Waals surface area contributed by atoms with Gasteiger partial charge in [0.15, 0.2) is 0 Å². The quantitative estimate of drug-likeness (QED) is 0.485. The number of amides is 1. The summed E-state index contributed by atoms with van der Waals surface area (Å²) in [7, 11) is 0. The van der Waals surface area contributed by atoms with Crippen molar-refractivity contribution in [3.63, 3.8) is 0 Å². The van der Waals surface area contributed by atoms with E-state index < -0.39 is 0 Å². The van der Waals surface area contributed by atoms with Gasteiger partial charge in [-0.05, 0) is 52.9 Å². The Morgan fingerprint density at radius 2 is 1.76 bits per heavy atom. The lowest BCUT2D eigenvalue weighted by atomic mass is 9.98. The van der Waals surface area contributed by atoms with Gasteiger partial charge in [-0.3, -0.25) is 9.48 Å². The molecule has 1 amide bonds. The summed E-state index contributed by atoms with van der Waals surface area (Å²) in [6, 6.07) is 25.9. The van der Waals surface area contributed by atoms with Gasteiger partial charge in [-0.1, -0.05) is 61.5 Å². The van der Waals surface area contributed by atoms with Crippen LogP contribution in [0.5, 0.6) is 0 Å². The number of hydrogen-bond acceptors (Lipinski definition) is 2. The van der Waals surface area contributed by atoms with E-state index in [1.165, 1.54) is 5.56 Å². The Morgan fingerprint density at radius 1 is 0.931 bits per heavy atom. The van der Waals surface area contributed by atoms with Crippen molar-refractivity contribution in [2.24, 2.45) is 0 Å². The summed E-state index contributed by atoms with van der Waals surface area (Å²) in [4.78, 5) is 13.0. The molecule has 0 unspecified atom stereocenters. The van der Waals surface area contributed by atoms with Crippen LogP contribution in [0.15, 0.2) is 91.3 Å². The first-order valence-corrected chi connectivity index (χ1v) is 9.79. The number of nitrogens with zero attached hydrogens (tertiary/aromatic N) is 2. The fraction of sp³-hybridized carbons (Fsp3) is 0.120. The van der Waals surface area contributed by atoms with Gasteiger partial charge >= 0.3 is 0 Å². The minimum Gasteiger partial charge on any atom is -0.322 e. The van der Waals surface area contributed by atoms with Crippen LogP contribution < -0.4 is 5.32 Å². The molecule has 4 nitrogen and oxygen atoms in total. The fourth-order valence-electron chi connectivity index (χ4n) is 3.37. The van der Waals surface area contributed by atoms with E-state index in [1.807, 2.05) is 59.4 Å². The third-order valence-electron chi connectivity index (χ3n) is 4.93. The van der Waals surface area contributed by atoms with Crippen molar-refractivity contribution < 1.29 is 4.79 Å². The van der Waals surface area contributed by atoms with Crippen LogP contribution in [0.3, 0.4) is 0 Å². The van der Waals surface area contributed by atoms with E-state index in [-0.39, 0.29) is 5.91 Å². The molecule has 0 saturated heterocycles. The molecule has 0 atom stereocenters. The molecule has 4 rings (SSSR count). The molecule has 0 bridgehead atoms. The SMILES string of the molecule is CCc1cccc(NC(=O)c2ccccc2-c2ccc(Cn3cccn3)cc2)c1. The molecule has 0 aliphatic rings. The minimum absolute atomic E-state index is 0.102. The van der Waals surface area contributed by atoms with Crippen LogP contribution >= 0.6 is 0 Å². The van der Waals surface area contributed by atoms with Crippen molar-refractivity contribution in [1.29, 1.82) is 0 Å². The Balaban J connectivity index is 1.56. The summed E-state index contributed by atoms with van der Waals surface area (Å²) >= 11 is 0. The van der Waals surface area contributed by atoms with E-state index in [4.69, 9.17) is 0 Å². The Hall–Kier alpha value is -3.66. The molecule has 0 aliphatic carbocycles. The van der Waals surface area contributed by atoms with Crippen molar-refractivity contribution in [1.82, 2.24) is 9.78 Å². The third-order valence-corrected chi connectivity index (χ3v) is 4.93. The first-order chi connectivity index (χ1) is 14.2. The van der Waals surface area contributed by atoms with Gasteiger partial charge in [0, 0.05) is 23.6 Å². The van der Waals surface area contributed by atoms with Crippen LogP contribution in [0.2, 0.25) is 0 Å². The van der Waals surface area contributed by atoms with Crippen molar-refractivity contribution in [3.8, 4) is 11.1 Å². The normalized spacial score (nSPS) is 10.7. The number of carbonyl (C=O) groups excluding carboxylic acids is 1. The molecule has 4 heteroatoms. The topological polar surface area (TPSA) is 46.9 Å². The molecular weight excluding hydrogens is 358 g/mol. The van der Waals surface area contributed by atoms with Crippen LogP contribution in [0.1, 0.15) is 28.4 Å². The van der Waals surface area contributed by atoms with Gasteiger partial charge in [0.05, 0.1) is 6.54 Å². The number of aryl methyl sites for hydroxylation is 1. The van der Waals surface area contributed by atoms with Gasteiger partial charge in [0.1, 0.15) is 0 Å². The van der Waals surface area contributed by atoms with E-state index in [1.54, 1.807) is 6.20 Å². The van der Waals surface area contributed by atoms with E-state index in [0.29, 0.717) is 5.56 Å². The van der Waals surface area contributed by atoms with Crippen LogP contribution in [-0.4, -0.2) is 15.7 Å². The van der Waals surface area contributed by atoms with Gasteiger partial charge in [-0.15, -0.1) is 0 Å². The maximum Gasteiger partial charge on any atom is 0.256 e. The summed E-state index contributed by atoms with van der Waals surface area (Å²) in [6.45, 7) is 2.83. The predicted molar refractivity (Wildman–Crippen MR) is 117 cm³/mol. The first-order valence-electron chi connectivity index (χ1n) is 9.79. The molecule has 1 N–H and O–H groups in total. The number of anilines is 1. The Labute approximate surface area is 170 Å². The summed E-state index contributed by atoms with van der Waals surface area (Å²) in [6.07, 6.45) is 4.66. The van der Waals surface area contributed by atoms with Crippen molar-refractivity contribution in [3.05, 3.63) is 108 Å². The Morgan fingerprint density at radius 3 is 2.52 bits per heavy atom. The molecule has 0 fully saturated rings. The third kappa shape index (κ3) is 4.43. The van der Waals surface area contributed by atoms with Gasteiger partial charge in [-0.2, -0.15) is 5.10 Å². The van der Waals surface area contributed by atoms with Gasteiger partial charge in [0.2, 0.25) is 0 Å². The van der Waals surface area contributed by atoms with Crippen molar-refractivity contribution in [2.75, 3.05) is 5.32 Å². The highest BCUT2D eigenvalue weighted by atomic mass is 16.1. The number of nitrogens with one attached hydrogen (secondary N) is 1. The minimum atomic E-state index is -0.102. The zero-order valence-corrected chi connectivity index (χ0v) is 16.4. The second-order valence-electron chi connectivity index (χ2n) is 6.95. The molecular formula is C25H23N3O. The summed E-state index contributed by atoms with van der Waals surface area (Å²) in [5.41, 5.74) is 5.78.